The Hall–Kier alpha value is -4.38. The van der Waals surface area contributed by atoms with Crippen LogP contribution in [0.15, 0.2) is 23.9 Å². The molecular formula is C24H27N9O7. The molecule has 16 heteroatoms. The highest BCUT2D eigenvalue weighted by molar-refractivity contribution is 6.26. The Bertz CT molecular complexity index is 1610. The normalized spacial score (nSPS) is 25.9. The third-order valence-electron chi connectivity index (χ3n) is 7.66. The average molecular weight is 554 g/mol. The number of fused-ring (bicyclic) bond motifs is 4. The van der Waals surface area contributed by atoms with Crippen LogP contribution in [0.3, 0.4) is 0 Å². The van der Waals surface area contributed by atoms with Gasteiger partial charge in [-0.3, -0.25) is 14.2 Å². The van der Waals surface area contributed by atoms with Crippen LogP contribution in [0.2, 0.25) is 0 Å². The van der Waals surface area contributed by atoms with Crippen molar-refractivity contribution in [2.24, 2.45) is 17.2 Å². The van der Waals surface area contributed by atoms with Crippen LogP contribution in [0, 0.1) is 0 Å². The van der Waals surface area contributed by atoms with Gasteiger partial charge in [-0.05, 0) is 6.92 Å². The van der Waals surface area contributed by atoms with E-state index in [1.807, 2.05) is 0 Å². The van der Waals surface area contributed by atoms with E-state index in [9.17, 15) is 24.6 Å². The molecule has 0 saturated carbocycles. The van der Waals surface area contributed by atoms with Gasteiger partial charge in [0.25, 0.3) is 0 Å². The Kier molecular flexibility index (Phi) is 6.06. The highest BCUT2D eigenvalue weighted by Crippen LogP contribution is 2.41. The molecule has 0 aromatic carbocycles. The molecule has 1 saturated heterocycles. The van der Waals surface area contributed by atoms with Gasteiger partial charge in [0.1, 0.15) is 31.0 Å². The first-order valence-electron chi connectivity index (χ1n) is 12.5. The van der Waals surface area contributed by atoms with Crippen molar-refractivity contribution in [3.8, 4) is 0 Å². The summed E-state index contributed by atoms with van der Waals surface area (Å²) in [7, 11) is 0. The number of carbonyl (C=O) groups excluding carboxylic acids is 3. The van der Waals surface area contributed by atoms with Crippen LogP contribution in [0.5, 0.6) is 0 Å². The lowest BCUT2D eigenvalue weighted by Gasteiger charge is -2.21. The Labute approximate surface area is 225 Å². The molecule has 0 radical (unpaired) electrons. The maximum Gasteiger partial charge on any atom is 0.404 e. The molecule has 2 aliphatic heterocycles. The minimum atomic E-state index is -1.06. The Morgan fingerprint density at radius 3 is 2.75 bits per heavy atom. The van der Waals surface area contributed by atoms with E-state index < -0.39 is 48.2 Å². The van der Waals surface area contributed by atoms with E-state index in [-0.39, 0.29) is 54.3 Å². The van der Waals surface area contributed by atoms with Crippen molar-refractivity contribution >= 4 is 34.6 Å². The number of aromatic nitrogens is 5. The first-order chi connectivity index (χ1) is 19.1. The van der Waals surface area contributed by atoms with Crippen molar-refractivity contribution < 1.29 is 34.1 Å². The van der Waals surface area contributed by atoms with Crippen LogP contribution in [0.25, 0.3) is 11.2 Å². The molecule has 5 atom stereocenters. The number of nitrogens with two attached hydrogens (primary N) is 3. The predicted octanol–water partition coefficient (Wildman–Crippen LogP) is -1.03. The standard InChI is InChI=1S/C24H27N9O7/c1-8-15(26)21(37)14-9(5-39-24(27)38)18-16(10(25)3-32(18)19(14)20(8)36)31-22-17-23(29-6-28-22)33(7-30-17)13-2-11(35)12(4-34)40-13/h6-7,10-13,16,34-35H,2-5,25-26H2,1H3,(H2,27,38)(H,28,29,31)/t10-,11-,12+,13+,16+/m0/s1. The van der Waals surface area contributed by atoms with E-state index in [1.165, 1.54) is 19.6 Å². The largest absolute Gasteiger partial charge is 0.445 e. The Morgan fingerprint density at radius 2 is 2.05 bits per heavy atom. The predicted molar refractivity (Wildman–Crippen MR) is 136 cm³/mol. The van der Waals surface area contributed by atoms with Crippen molar-refractivity contribution in [2.45, 2.75) is 57.0 Å². The number of rotatable bonds is 6. The number of nitrogens with zero attached hydrogens (tertiary/aromatic N) is 5. The first-order valence-corrected chi connectivity index (χ1v) is 12.5. The third kappa shape index (κ3) is 3.75. The van der Waals surface area contributed by atoms with E-state index in [0.29, 0.717) is 22.7 Å². The second kappa shape index (κ2) is 9.37. The molecule has 0 bridgehead atoms. The number of allylic oxidation sites excluding steroid dienone is 2. The lowest BCUT2D eigenvalue weighted by molar-refractivity contribution is -0.0432. The van der Waals surface area contributed by atoms with Crippen LogP contribution in [0.4, 0.5) is 10.6 Å². The van der Waals surface area contributed by atoms with E-state index in [0.717, 1.165) is 0 Å². The zero-order chi connectivity index (χ0) is 28.5. The number of anilines is 1. The van der Waals surface area contributed by atoms with Gasteiger partial charge in [-0.2, -0.15) is 0 Å². The zero-order valence-corrected chi connectivity index (χ0v) is 21.3. The number of primary amides is 1. The molecule has 0 spiro atoms. The van der Waals surface area contributed by atoms with E-state index in [2.05, 4.69) is 20.3 Å². The molecule has 40 heavy (non-hydrogen) atoms. The summed E-state index contributed by atoms with van der Waals surface area (Å²) >= 11 is 0. The summed E-state index contributed by atoms with van der Waals surface area (Å²) in [5.41, 5.74) is 19.3. The van der Waals surface area contributed by atoms with Gasteiger partial charge in [0.2, 0.25) is 11.6 Å². The van der Waals surface area contributed by atoms with Crippen LogP contribution in [-0.2, 0) is 22.6 Å². The van der Waals surface area contributed by atoms with Crippen LogP contribution in [0.1, 0.15) is 57.7 Å². The van der Waals surface area contributed by atoms with Gasteiger partial charge in [0.15, 0.2) is 17.0 Å². The number of amides is 1. The second-order valence-electron chi connectivity index (χ2n) is 9.95. The van der Waals surface area contributed by atoms with E-state index in [1.54, 1.807) is 9.13 Å². The van der Waals surface area contributed by atoms with E-state index in [4.69, 9.17) is 26.7 Å². The summed E-state index contributed by atoms with van der Waals surface area (Å²) in [6.07, 6.45) is -0.179. The lowest BCUT2D eigenvalue weighted by atomic mass is 9.89. The number of carbonyl (C=O) groups is 3. The number of Topliss-reactive ketones (excluding diaryl/α,β-unsaturated/α-hetero) is 2. The molecule has 210 valence electrons. The summed E-state index contributed by atoms with van der Waals surface area (Å²) in [6.45, 7) is 0.948. The van der Waals surface area contributed by atoms with Gasteiger partial charge in [-0.25, -0.2) is 19.7 Å². The molecule has 5 heterocycles. The molecular weight excluding hydrogens is 526 g/mol. The van der Waals surface area contributed by atoms with Gasteiger partial charge in [-0.1, -0.05) is 0 Å². The fourth-order valence-corrected chi connectivity index (χ4v) is 5.67. The first kappa shape index (κ1) is 25.9. The van der Waals surface area contributed by atoms with Gasteiger partial charge in [-0.15, -0.1) is 0 Å². The lowest BCUT2D eigenvalue weighted by Crippen LogP contribution is -2.33. The summed E-state index contributed by atoms with van der Waals surface area (Å²) in [4.78, 5) is 51.0. The molecule has 1 amide bonds. The summed E-state index contributed by atoms with van der Waals surface area (Å²) in [6, 6.07) is -1.27. The fourth-order valence-electron chi connectivity index (χ4n) is 5.67. The molecule has 9 N–H and O–H groups in total. The number of ether oxygens (including phenoxy) is 2. The van der Waals surface area contributed by atoms with Crippen LogP contribution in [-0.4, -0.2) is 76.8 Å². The molecule has 16 nitrogen and oxygen atoms in total. The highest BCUT2D eigenvalue weighted by Gasteiger charge is 2.44. The third-order valence-corrected chi connectivity index (χ3v) is 7.66. The van der Waals surface area contributed by atoms with Gasteiger partial charge >= 0.3 is 6.09 Å². The minimum absolute atomic E-state index is 0.0514. The Morgan fingerprint density at radius 1 is 1.27 bits per heavy atom. The van der Waals surface area contributed by atoms with Gasteiger partial charge < -0.3 is 46.8 Å². The molecule has 3 aromatic rings. The topological polar surface area (TPSA) is 249 Å². The summed E-state index contributed by atoms with van der Waals surface area (Å²) in [5, 5.41) is 22.9. The Balaban J connectivity index is 1.41. The number of hydrogen-bond acceptors (Lipinski definition) is 13. The number of hydrogen-bond donors (Lipinski definition) is 6. The maximum absolute atomic E-state index is 13.2. The number of imidazole rings is 1. The maximum atomic E-state index is 13.2. The van der Waals surface area contributed by atoms with Crippen molar-refractivity contribution in [1.29, 1.82) is 0 Å². The zero-order valence-electron chi connectivity index (χ0n) is 21.3. The van der Waals surface area contributed by atoms with Crippen LogP contribution < -0.4 is 22.5 Å². The number of nitrogens with one attached hydrogen (secondary N) is 1. The van der Waals surface area contributed by atoms with Gasteiger partial charge in [0.05, 0.1) is 36.3 Å². The average Bonchev–Trinajstić information content (AvgIpc) is 3.67. The van der Waals surface area contributed by atoms with Crippen molar-refractivity contribution in [3.63, 3.8) is 0 Å². The fraction of sp³-hybridized carbons (Fsp3) is 0.417. The van der Waals surface area contributed by atoms with E-state index >= 15 is 0 Å². The quantitative estimate of drug-likeness (QED) is 0.214. The second-order valence-corrected chi connectivity index (χ2v) is 9.95. The summed E-state index contributed by atoms with van der Waals surface area (Å²) < 4.78 is 14.1. The SMILES string of the molecule is CC1=C(N)C(=O)c2c(COC(N)=O)c3n(c2C1=O)C[C@H](N)[C@H]3Nc1ncnc2c1ncn2[C@H]1C[C@H](O)[C@@H](CO)O1. The molecule has 1 aliphatic carbocycles. The molecule has 6 rings (SSSR count). The highest BCUT2D eigenvalue weighted by atomic mass is 16.5. The molecule has 1 fully saturated rings. The minimum Gasteiger partial charge on any atom is -0.445 e. The number of aliphatic hydroxyl groups excluding tert-OH is 2. The van der Waals surface area contributed by atoms with Crippen molar-refractivity contribution in [3.05, 3.63) is 46.4 Å². The summed E-state index contributed by atoms with van der Waals surface area (Å²) in [5.74, 6) is -0.663. The number of ketones is 2. The van der Waals surface area contributed by atoms with Crippen LogP contribution >= 0.6 is 0 Å². The van der Waals surface area contributed by atoms with Crippen molar-refractivity contribution in [1.82, 2.24) is 24.1 Å². The van der Waals surface area contributed by atoms with Crippen molar-refractivity contribution in [2.75, 3.05) is 11.9 Å². The number of aliphatic hydroxyl groups is 2. The molecule has 0 unspecified atom stereocenters. The molecule has 3 aromatic heterocycles. The monoisotopic (exact) mass is 553 g/mol. The molecule has 3 aliphatic rings. The van der Waals surface area contributed by atoms with Gasteiger partial charge in [0, 0.05) is 35.8 Å². The smallest absolute Gasteiger partial charge is 0.404 e.